The molecule has 17 heteroatoms. The Bertz CT molecular complexity index is 212. The fraction of sp³-hybridized carbons (Fsp3) is 0. The van der Waals surface area contributed by atoms with Crippen LogP contribution in [0.5, 0.6) is 0 Å². The van der Waals surface area contributed by atoms with Gasteiger partial charge in [0.15, 0.2) is 0 Å². The van der Waals surface area contributed by atoms with Gasteiger partial charge < -0.3 is 48.0 Å². The van der Waals surface area contributed by atoms with Crippen molar-refractivity contribution in [3.63, 3.8) is 0 Å². The monoisotopic (exact) mass is 348 g/mol. The first-order valence-electron chi connectivity index (χ1n) is 3.75. The molecule has 0 bridgehead atoms. The zero-order valence-electron chi connectivity index (χ0n) is 7.65. The molecule has 6 radical (unpaired) electrons. The van der Waals surface area contributed by atoms with Crippen molar-refractivity contribution in [1.29, 1.82) is 0 Å². The minimum Gasteiger partial charge on any atom is -0.388 e. The van der Waals surface area contributed by atoms with Crippen LogP contribution in [0.1, 0.15) is 0 Å². The van der Waals surface area contributed by atoms with E-state index in [1.165, 1.54) is 0 Å². The van der Waals surface area contributed by atoms with Crippen LogP contribution in [0.4, 0.5) is 0 Å². The average molecular weight is 349 g/mol. The third kappa shape index (κ3) is 4.47. The lowest BCUT2D eigenvalue weighted by molar-refractivity contribution is 0.101. The highest BCUT2D eigenvalue weighted by molar-refractivity contribution is 6.72. The predicted molar refractivity (Wildman–Crippen MR) is 51.0 cm³/mol. The third-order valence-corrected chi connectivity index (χ3v) is 10.8. The molecular weight excluding hydrogens is 345 g/mol. The van der Waals surface area contributed by atoms with Crippen LogP contribution in [0.15, 0.2) is 0 Å². The van der Waals surface area contributed by atoms with Gasteiger partial charge in [0.05, 0.1) is 0 Å². The Morgan fingerprint density at radius 2 is 1.12 bits per heavy atom. The summed E-state index contributed by atoms with van der Waals surface area (Å²) in [6.07, 6.45) is 0. The fourth-order valence-electron chi connectivity index (χ4n) is 0.643. The van der Waals surface area contributed by atoms with E-state index >= 15 is 0 Å². The Balaban J connectivity index is 1.56. The summed E-state index contributed by atoms with van der Waals surface area (Å²) in [6, 6.07) is 0. The lowest BCUT2D eigenvalue weighted by Crippen LogP contribution is -2.56. The second kappa shape index (κ2) is 6.34. The van der Waals surface area contributed by atoms with E-state index in [1.807, 2.05) is 0 Å². The highest BCUT2D eigenvalue weighted by Crippen LogP contribution is 2.10. The molecule has 4 N–H and O–H groups in total. The molecule has 0 aromatic rings. The van der Waals surface area contributed by atoms with E-state index in [4.69, 9.17) is 17.8 Å². The first-order chi connectivity index (χ1) is 8.02. The van der Waals surface area contributed by atoms with Gasteiger partial charge in [-0.05, 0) is 0 Å². The topological polar surface area (TPSA) is 146 Å². The van der Waals surface area contributed by atoms with Crippen molar-refractivity contribution in [3.8, 4) is 0 Å². The molecule has 94 valence electrons. The van der Waals surface area contributed by atoms with Gasteiger partial charge in [0, 0.05) is 0 Å². The van der Waals surface area contributed by atoms with Gasteiger partial charge in [-0.1, -0.05) is 0 Å². The molecule has 2 aliphatic rings. The molecule has 0 amide bonds. The summed E-state index contributed by atoms with van der Waals surface area (Å²) in [5.74, 6) is 0. The van der Waals surface area contributed by atoms with Gasteiger partial charge in [0.2, 0.25) is 0 Å². The van der Waals surface area contributed by atoms with Crippen molar-refractivity contribution in [2.75, 3.05) is 0 Å². The lowest BCUT2D eigenvalue weighted by atomic mass is 15.6. The molecule has 0 unspecified atom stereocenters. The van der Waals surface area contributed by atoms with Crippen molar-refractivity contribution in [2.24, 2.45) is 0 Å². The molecule has 0 spiro atoms. The number of hydrogen-bond acceptors (Lipinski definition) is 11. The van der Waals surface area contributed by atoms with Crippen LogP contribution in [0.3, 0.4) is 0 Å². The molecule has 17 heavy (non-hydrogen) atoms. The van der Waals surface area contributed by atoms with Crippen molar-refractivity contribution < 1.29 is 48.0 Å². The molecule has 2 fully saturated rings. The van der Waals surface area contributed by atoms with Crippen LogP contribution in [-0.2, 0) is 28.8 Å². The maximum atomic E-state index is 9.22. The highest BCUT2D eigenvalue weighted by Gasteiger charge is 2.47. The Morgan fingerprint density at radius 1 is 0.765 bits per heavy atom. The smallest absolute Gasteiger partial charge is 0.388 e. The van der Waals surface area contributed by atoms with Crippen LogP contribution in [0, 0.1) is 0 Å². The molecule has 2 rings (SSSR count). The van der Waals surface area contributed by atoms with Crippen molar-refractivity contribution >= 4 is 57.2 Å². The van der Waals surface area contributed by atoms with Crippen LogP contribution in [0.25, 0.3) is 0 Å². The van der Waals surface area contributed by atoms with Crippen LogP contribution < -0.4 is 0 Å². The van der Waals surface area contributed by atoms with E-state index in [-0.39, 0.29) is 0 Å². The quantitative estimate of drug-likeness (QED) is 0.342. The zero-order chi connectivity index (χ0) is 12.4. The minimum atomic E-state index is -2.79. The Morgan fingerprint density at radius 3 is 1.41 bits per heavy atom. The first-order valence-corrected chi connectivity index (χ1v) is 11.3. The Hall–Kier alpha value is 0.861. The summed E-state index contributed by atoms with van der Waals surface area (Å²) in [4.78, 5) is 35.8. The van der Waals surface area contributed by atoms with Gasteiger partial charge in [-0.15, -0.1) is 0 Å². The second-order valence-electron chi connectivity index (χ2n) is 2.28. The second-order valence-corrected chi connectivity index (χ2v) is 11.1. The lowest BCUT2D eigenvalue weighted by Gasteiger charge is -2.27. The van der Waals surface area contributed by atoms with Gasteiger partial charge >= 0.3 is 57.2 Å². The average Bonchev–Trinajstić information content (AvgIpc) is 2.12. The molecule has 0 saturated carbocycles. The van der Waals surface area contributed by atoms with Crippen molar-refractivity contribution in [2.45, 2.75) is 0 Å². The summed E-state index contributed by atoms with van der Waals surface area (Å²) in [5.41, 5.74) is 0. The van der Waals surface area contributed by atoms with E-state index in [1.54, 1.807) is 0 Å². The summed E-state index contributed by atoms with van der Waals surface area (Å²) < 4.78 is 32.6. The van der Waals surface area contributed by atoms with Crippen LogP contribution in [-0.4, -0.2) is 76.3 Å². The fourth-order valence-corrected chi connectivity index (χ4v) is 8.03. The van der Waals surface area contributed by atoms with Gasteiger partial charge in [0.25, 0.3) is 0 Å². The van der Waals surface area contributed by atoms with E-state index in [9.17, 15) is 9.59 Å². The van der Waals surface area contributed by atoms with E-state index in [0.717, 1.165) is 0 Å². The van der Waals surface area contributed by atoms with Gasteiger partial charge in [0.1, 0.15) is 0 Å². The highest BCUT2D eigenvalue weighted by atomic mass is 28.5. The summed E-state index contributed by atoms with van der Waals surface area (Å²) in [5, 5.41) is 0. The van der Waals surface area contributed by atoms with Crippen molar-refractivity contribution in [3.05, 3.63) is 0 Å². The van der Waals surface area contributed by atoms with E-state index in [0.29, 0.717) is 0 Å². The molecule has 11 nitrogen and oxygen atoms in total. The van der Waals surface area contributed by atoms with Gasteiger partial charge in [-0.2, -0.15) is 0 Å². The molecule has 0 aliphatic carbocycles. The first kappa shape index (κ1) is 14.3. The van der Waals surface area contributed by atoms with Gasteiger partial charge in [-0.25, -0.2) is 0 Å². The number of hydrogen-bond donors (Lipinski definition) is 4. The third-order valence-electron chi connectivity index (χ3n) is 1.20. The standard InChI is InChI=1S/H4O11Si6/c1-12(6-16-8-14(3)9-16)5-13(2)7-17-10-15(4)11-17/h1-4H. The summed E-state index contributed by atoms with van der Waals surface area (Å²) in [6.45, 7) is 0. The van der Waals surface area contributed by atoms with E-state index < -0.39 is 57.2 Å². The van der Waals surface area contributed by atoms with Crippen LogP contribution >= 0.6 is 0 Å². The largest absolute Gasteiger partial charge is 0.558 e. The Kier molecular flexibility index (Phi) is 5.33. The minimum absolute atomic E-state index is 2.14. The maximum absolute atomic E-state index is 9.22. The molecule has 0 aromatic carbocycles. The Labute approximate surface area is 105 Å². The molecule has 2 heterocycles. The molecular formula is H4O11Si6. The normalized spacial score (nSPS) is 24.4. The maximum Gasteiger partial charge on any atom is 0.558 e. The molecule has 0 atom stereocenters. The summed E-state index contributed by atoms with van der Waals surface area (Å²) >= 11 is 0. The molecule has 2 saturated heterocycles. The van der Waals surface area contributed by atoms with Crippen LogP contribution in [0.2, 0.25) is 0 Å². The predicted octanol–water partition coefficient (Wildman–Crippen LogP) is -4.99. The summed E-state index contributed by atoms with van der Waals surface area (Å²) in [7, 11) is -14.3. The van der Waals surface area contributed by atoms with Crippen molar-refractivity contribution in [1.82, 2.24) is 0 Å². The van der Waals surface area contributed by atoms with Gasteiger partial charge in [-0.3, -0.25) is 0 Å². The molecule has 0 aromatic heterocycles. The SMILES string of the molecule is O[Si](O[Si](O)O[Si]1O[Si](O)O1)O[Si]1O[Si](O)O1. The zero-order valence-corrected chi connectivity index (χ0v) is 13.6. The molecule has 2 aliphatic heterocycles. The number of rotatable bonds is 6. The van der Waals surface area contributed by atoms with E-state index in [2.05, 4.69) is 20.6 Å².